The largest absolute Gasteiger partial charge is 0.508 e. The lowest BCUT2D eigenvalue weighted by Crippen LogP contribution is -2.65. The highest BCUT2D eigenvalue weighted by Gasteiger charge is 2.65. The highest BCUT2D eigenvalue weighted by molar-refractivity contribution is 7.99. The summed E-state index contributed by atoms with van der Waals surface area (Å²) in [4.78, 5) is 52.6. The number of carboxylic acids is 2. The summed E-state index contributed by atoms with van der Waals surface area (Å²) in [6.45, 7) is 5.76. The molecular weight excluding hydrogens is 880 g/mol. The van der Waals surface area contributed by atoms with Crippen LogP contribution in [0.3, 0.4) is 0 Å². The lowest BCUT2D eigenvalue weighted by atomic mass is 9.52. The van der Waals surface area contributed by atoms with Crippen molar-refractivity contribution in [1.82, 2.24) is 9.80 Å². The van der Waals surface area contributed by atoms with Gasteiger partial charge in [0, 0.05) is 58.4 Å². The number of halogens is 1. The summed E-state index contributed by atoms with van der Waals surface area (Å²) in [5, 5.41) is 44.0. The van der Waals surface area contributed by atoms with E-state index in [0.717, 1.165) is 43.9 Å². The molecule has 1 amide bonds. The molecular formula is C47H59ClN4O12S. The van der Waals surface area contributed by atoms with E-state index < -0.39 is 24.1 Å². The molecule has 18 heteroatoms. The molecule has 3 heterocycles. The van der Waals surface area contributed by atoms with Crippen LogP contribution in [-0.2, 0) is 31.0 Å². The predicted molar refractivity (Wildman–Crippen MR) is 249 cm³/mol. The zero-order valence-corrected chi connectivity index (χ0v) is 38.8. The second-order valence-electron chi connectivity index (χ2n) is 16.5. The lowest BCUT2D eigenvalue weighted by Gasteiger charge is -2.57. The number of phenols is 1. The number of carboxylic acid groups (broad SMARTS) is 2. The number of amides is 1. The topological polar surface area (TPSA) is 241 Å². The van der Waals surface area contributed by atoms with Crippen LogP contribution in [0.15, 0.2) is 94.7 Å². The summed E-state index contributed by atoms with van der Waals surface area (Å²) in [5.41, 5.74) is 5.91. The van der Waals surface area contributed by atoms with Crippen molar-refractivity contribution < 1.29 is 59.7 Å². The Morgan fingerprint density at radius 1 is 0.938 bits per heavy atom. The van der Waals surface area contributed by atoms with Crippen molar-refractivity contribution in [1.29, 1.82) is 0 Å². The molecule has 1 saturated carbocycles. The number of carbonyl (C=O) groups is 4. The first-order valence-corrected chi connectivity index (χ1v) is 21.6. The van der Waals surface area contributed by atoms with Gasteiger partial charge in [0.1, 0.15) is 5.75 Å². The van der Waals surface area contributed by atoms with Gasteiger partial charge in [-0.3, -0.25) is 9.59 Å². The molecule has 8 N–H and O–H groups in total. The summed E-state index contributed by atoms with van der Waals surface area (Å²) in [6, 6.07) is 28.9. The number of carbonyl (C=O) groups excluding carboxylic acids is 2. The first-order chi connectivity index (χ1) is 30.0. The zero-order chi connectivity index (χ0) is 45.7. The van der Waals surface area contributed by atoms with E-state index in [2.05, 4.69) is 103 Å². The van der Waals surface area contributed by atoms with Gasteiger partial charge in [-0.2, -0.15) is 0 Å². The number of anilines is 3. The number of hydrogen-bond donors (Lipinski definition) is 6. The Hall–Kier alpha value is -5.40. The number of para-hydroxylation sites is 2. The molecule has 65 heavy (non-hydrogen) atoms. The van der Waals surface area contributed by atoms with Crippen LogP contribution < -0.4 is 19.7 Å². The molecule has 5 aliphatic rings. The van der Waals surface area contributed by atoms with Crippen molar-refractivity contribution in [3.63, 3.8) is 0 Å². The van der Waals surface area contributed by atoms with Gasteiger partial charge in [-0.1, -0.05) is 42.1 Å². The summed E-state index contributed by atoms with van der Waals surface area (Å²) < 4.78 is 11.8. The second kappa shape index (κ2) is 22.2. The summed E-state index contributed by atoms with van der Waals surface area (Å²) in [5.74, 6) is -1.00. The van der Waals surface area contributed by atoms with Gasteiger partial charge >= 0.3 is 11.9 Å². The van der Waals surface area contributed by atoms with Crippen LogP contribution in [0.4, 0.5) is 17.1 Å². The van der Waals surface area contributed by atoms with Gasteiger partial charge in [0.05, 0.1) is 18.5 Å². The van der Waals surface area contributed by atoms with Gasteiger partial charge in [-0.15, -0.1) is 12.4 Å². The van der Waals surface area contributed by atoms with Crippen molar-refractivity contribution in [2.45, 2.75) is 85.1 Å². The SMILES string of the molecule is CC(=O)Nc1ccc(O)cc1.CC(CN1c2ccccc2Sc2ccccc21)N(C)C.COc1ccc2c3c1O[C@H]1C(=O)CC[C@H]4[C@@H](C2)N(C)CC[C@]314.Cl.O.O=C(O)[C@H](O)[C@@H](O)C(=O)O. The Morgan fingerprint density at radius 2 is 1.51 bits per heavy atom. The number of Topliss-reactive ketones (excluding diaryl/α,β-unsaturated/α-hetero) is 1. The van der Waals surface area contributed by atoms with E-state index in [1.807, 2.05) is 17.8 Å². The van der Waals surface area contributed by atoms with E-state index >= 15 is 0 Å². The number of aliphatic hydroxyl groups excluding tert-OH is 2. The molecule has 4 aromatic rings. The maximum atomic E-state index is 12.6. The standard InChI is InChI=1S/C18H21NO3.C17H20N2S.C8H9NO2.C4H6O6.ClH.H2O/c1-19-8-7-18-11-4-5-13(20)17(18)22-16-14(21-2)6-3-10(15(16)18)9-12(11)19;1-13(18(2)3)12-19-14-8-4-6-10-16(14)20-17-11-7-5-9-15(17)19;1-6(10)9-7-2-4-8(11)5-3-7;5-1(3(7)8)2(6)4(9)10;;/h3,6,11-12,17H,4-5,7-9H2,1-2H3;4-11,13H,12H2,1-3H3;2-5,11H,1H3,(H,9,10);1-2,5-6H,(H,7,8)(H,9,10);1H;1H2/t11-,12+,17-,18-;;;1-,2-;;/m0..1../s1. The fraction of sp³-hybridized carbons (Fsp3) is 0.404. The molecule has 4 aromatic carbocycles. The second-order valence-corrected chi connectivity index (χ2v) is 17.6. The minimum Gasteiger partial charge on any atom is -0.508 e. The number of likely N-dealkylation sites (N-methyl/N-ethyl adjacent to an activating group) is 2. The number of phenolic OH excluding ortho intramolecular Hbond substituents is 1. The fourth-order valence-electron chi connectivity index (χ4n) is 9.09. The van der Waals surface area contributed by atoms with Crippen molar-refractivity contribution >= 4 is 64.9 Å². The number of methoxy groups -OCH3 is 1. The van der Waals surface area contributed by atoms with Crippen molar-refractivity contribution in [3.05, 3.63) is 96.1 Å². The van der Waals surface area contributed by atoms with Crippen LogP contribution >= 0.6 is 24.2 Å². The van der Waals surface area contributed by atoms with Crippen LogP contribution in [-0.4, -0.2) is 136 Å². The van der Waals surface area contributed by atoms with E-state index in [4.69, 9.17) is 35.0 Å². The molecule has 1 spiro atoms. The number of hydrogen-bond acceptors (Lipinski definition) is 13. The molecule has 9 rings (SSSR count). The van der Waals surface area contributed by atoms with Gasteiger partial charge < -0.3 is 60.5 Å². The number of benzene rings is 4. The number of likely N-dealkylation sites (tertiary alicyclic amines) is 1. The van der Waals surface area contributed by atoms with Gasteiger partial charge in [0.25, 0.3) is 0 Å². The Labute approximate surface area is 388 Å². The minimum atomic E-state index is -2.27. The number of nitrogens with one attached hydrogen (secondary N) is 1. The van der Waals surface area contributed by atoms with E-state index in [0.29, 0.717) is 30.1 Å². The van der Waals surface area contributed by atoms with Gasteiger partial charge in [-0.25, -0.2) is 9.59 Å². The van der Waals surface area contributed by atoms with Gasteiger partial charge in [0.15, 0.2) is 35.6 Å². The number of aliphatic hydroxyl groups is 2. The number of aromatic hydroxyl groups is 1. The molecule has 2 aliphatic carbocycles. The molecule has 1 saturated heterocycles. The third-order valence-corrected chi connectivity index (χ3v) is 13.6. The van der Waals surface area contributed by atoms with Crippen LogP contribution in [0.1, 0.15) is 44.2 Å². The molecule has 3 aliphatic heterocycles. The van der Waals surface area contributed by atoms with Crippen molar-refractivity contribution in [3.8, 4) is 17.2 Å². The number of fused-ring (bicyclic) bond motifs is 2. The summed E-state index contributed by atoms with van der Waals surface area (Å²) in [6.07, 6.45) is -1.06. The van der Waals surface area contributed by atoms with Crippen molar-refractivity contribution in [2.75, 3.05) is 51.6 Å². The normalized spacial score (nSPS) is 21.6. The van der Waals surface area contributed by atoms with E-state index in [-0.39, 0.29) is 46.8 Å². The molecule has 16 nitrogen and oxygen atoms in total. The smallest absolute Gasteiger partial charge is 0.335 e. The molecule has 7 atom stereocenters. The van der Waals surface area contributed by atoms with E-state index in [1.165, 1.54) is 51.3 Å². The Balaban J connectivity index is 0.000000199. The van der Waals surface area contributed by atoms with E-state index in [9.17, 15) is 19.2 Å². The highest BCUT2D eigenvalue weighted by Crippen LogP contribution is 2.63. The summed E-state index contributed by atoms with van der Waals surface area (Å²) in [7, 11) is 8.19. The molecule has 2 fully saturated rings. The Morgan fingerprint density at radius 3 is 2.03 bits per heavy atom. The van der Waals surface area contributed by atoms with Gasteiger partial charge in [0.2, 0.25) is 5.91 Å². The first-order valence-electron chi connectivity index (χ1n) is 20.8. The van der Waals surface area contributed by atoms with Crippen molar-refractivity contribution in [2.24, 2.45) is 5.92 Å². The number of aliphatic carboxylic acids is 2. The third-order valence-electron chi connectivity index (χ3n) is 12.4. The van der Waals surface area contributed by atoms with Crippen LogP contribution in [0, 0.1) is 5.92 Å². The van der Waals surface area contributed by atoms with Crippen LogP contribution in [0.25, 0.3) is 0 Å². The maximum absolute atomic E-state index is 12.6. The summed E-state index contributed by atoms with van der Waals surface area (Å²) >= 11 is 1.87. The first kappa shape index (κ1) is 52.2. The van der Waals surface area contributed by atoms with Gasteiger partial charge in [-0.05, 0) is 120 Å². The average Bonchev–Trinajstić information content (AvgIpc) is 3.62. The minimum absolute atomic E-state index is 0. The third kappa shape index (κ3) is 11.0. The van der Waals surface area contributed by atoms with E-state index in [1.54, 1.807) is 19.2 Å². The molecule has 0 aromatic heterocycles. The molecule has 1 unspecified atom stereocenters. The number of piperidine rings is 1. The van der Waals surface area contributed by atoms with Crippen LogP contribution in [0.5, 0.6) is 17.2 Å². The molecule has 0 radical (unpaired) electrons. The monoisotopic (exact) mass is 938 g/mol. The quantitative estimate of drug-likeness (QED) is 0.128. The number of nitrogens with zero attached hydrogens (tertiary/aromatic N) is 3. The molecule has 352 valence electrons. The maximum Gasteiger partial charge on any atom is 0.335 e. The lowest BCUT2D eigenvalue weighted by molar-refractivity contribution is -0.165. The van der Waals surface area contributed by atoms with Crippen LogP contribution in [0.2, 0.25) is 0 Å². The number of ether oxygens (including phenoxy) is 2. The zero-order valence-electron chi connectivity index (χ0n) is 37.1. The highest BCUT2D eigenvalue weighted by atomic mass is 35.5. The Bertz CT molecular complexity index is 2260. The molecule has 2 bridgehead atoms. The Kier molecular flexibility index (Phi) is 17.8. The number of rotatable bonds is 8. The fourth-order valence-corrected chi connectivity index (χ4v) is 10.2. The number of ketones is 1. The predicted octanol–water partition coefficient (Wildman–Crippen LogP) is 5.00. The average molecular weight is 940 g/mol.